The highest BCUT2D eigenvalue weighted by atomic mass is 32.2. The molecule has 22 heavy (non-hydrogen) atoms. The molecule has 1 aromatic heterocycles. The fourth-order valence-corrected chi connectivity index (χ4v) is 3.61. The monoisotopic (exact) mass is 328 g/mol. The molecule has 2 aromatic rings. The quantitative estimate of drug-likeness (QED) is 0.884. The first-order chi connectivity index (χ1) is 10.3. The van der Waals surface area contributed by atoms with Crippen LogP contribution in [0.15, 0.2) is 18.5 Å². The summed E-state index contributed by atoms with van der Waals surface area (Å²) in [7, 11) is -3.47. The molecule has 0 amide bonds. The number of nitrogens with two attached hydrogens (primary N) is 1. The predicted octanol–water partition coefficient (Wildman–Crippen LogP) is 1.39. The van der Waals surface area contributed by atoms with E-state index in [2.05, 4.69) is 15.3 Å². The molecule has 9 heteroatoms. The summed E-state index contributed by atoms with van der Waals surface area (Å²) in [5.41, 5.74) is 0.303. The van der Waals surface area contributed by atoms with E-state index in [1.165, 1.54) is 6.33 Å². The molecule has 0 spiro atoms. The van der Waals surface area contributed by atoms with E-state index < -0.39 is 21.7 Å². The van der Waals surface area contributed by atoms with Crippen LogP contribution in [0.25, 0.3) is 10.9 Å². The third kappa shape index (κ3) is 3.14. The molecule has 118 valence electrons. The van der Waals surface area contributed by atoms with E-state index in [1.807, 2.05) is 0 Å². The summed E-state index contributed by atoms with van der Waals surface area (Å²) in [5.74, 6) is -1.56. The minimum atomic E-state index is -3.47. The average molecular weight is 328 g/mol. The van der Waals surface area contributed by atoms with Crippen molar-refractivity contribution < 1.29 is 17.2 Å². The Morgan fingerprint density at radius 1 is 1.23 bits per heavy atom. The lowest BCUT2D eigenvalue weighted by molar-refractivity contribution is 0.310. The van der Waals surface area contributed by atoms with Gasteiger partial charge in [-0.2, -0.15) is 0 Å². The zero-order valence-electron chi connectivity index (χ0n) is 11.5. The number of hydrogen-bond acceptors (Lipinski definition) is 5. The molecule has 0 aliphatic heterocycles. The molecule has 3 rings (SSSR count). The smallest absolute Gasteiger partial charge is 0.209 e. The summed E-state index contributed by atoms with van der Waals surface area (Å²) < 4.78 is 48.6. The number of sulfonamides is 1. The van der Waals surface area contributed by atoms with Crippen LogP contribution in [-0.2, 0) is 10.0 Å². The number of benzene rings is 1. The summed E-state index contributed by atoms with van der Waals surface area (Å²) in [6.07, 6.45) is 2.53. The van der Waals surface area contributed by atoms with Crippen molar-refractivity contribution in [3.8, 4) is 0 Å². The van der Waals surface area contributed by atoms with Crippen molar-refractivity contribution in [3.05, 3.63) is 30.1 Å². The van der Waals surface area contributed by atoms with Gasteiger partial charge in [0.2, 0.25) is 10.0 Å². The third-order valence-corrected chi connectivity index (χ3v) is 4.66. The highest BCUT2D eigenvalue weighted by Crippen LogP contribution is 2.32. The Balaban J connectivity index is 1.75. The number of nitrogens with one attached hydrogen (secondary N) is 1. The lowest BCUT2D eigenvalue weighted by atomic mass is 9.81. The van der Waals surface area contributed by atoms with Crippen LogP contribution in [0.3, 0.4) is 0 Å². The van der Waals surface area contributed by atoms with Gasteiger partial charge in [0.1, 0.15) is 12.1 Å². The molecule has 0 unspecified atom stereocenters. The van der Waals surface area contributed by atoms with Gasteiger partial charge in [-0.05, 0) is 24.8 Å². The Bertz CT molecular complexity index is 822. The van der Waals surface area contributed by atoms with Crippen LogP contribution in [-0.4, -0.2) is 30.2 Å². The van der Waals surface area contributed by atoms with Crippen LogP contribution in [0.5, 0.6) is 0 Å². The second-order valence-corrected chi connectivity index (χ2v) is 7.17. The maximum Gasteiger partial charge on any atom is 0.209 e. The summed E-state index contributed by atoms with van der Waals surface area (Å²) in [5, 5.41) is 8.50. The zero-order chi connectivity index (χ0) is 15.9. The Morgan fingerprint density at radius 3 is 2.59 bits per heavy atom. The van der Waals surface area contributed by atoms with E-state index in [0.29, 0.717) is 29.6 Å². The van der Waals surface area contributed by atoms with Crippen molar-refractivity contribution >= 4 is 26.7 Å². The SMILES string of the molecule is NS(=O)(=O)CC1CC(Nc2ncnc3cc(F)c(F)cc23)C1. The lowest BCUT2D eigenvalue weighted by Gasteiger charge is -2.35. The summed E-state index contributed by atoms with van der Waals surface area (Å²) in [4.78, 5) is 7.95. The summed E-state index contributed by atoms with van der Waals surface area (Å²) in [6, 6.07) is 2.09. The number of nitrogens with zero attached hydrogens (tertiary/aromatic N) is 2. The number of primary sulfonamides is 1. The second-order valence-electron chi connectivity index (χ2n) is 5.51. The Morgan fingerprint density at radius 2 is 1.91 bits per heavy atom. The molecule has 1 aliphatic rings. The van der Waals surface area contributed by atoms with E-state index in [4.69, 9.17) is 5.14 Å². The van der Waals surface area contributed by atoms with Gasteiger partial charge in [0, 0.05) is 17.5 Å². The average Bonchev–Trinajstić information content (AvgIpc) is 2.37. The van der Waals surface area contributed by atoms with Gasteiger partial charge < -0.3 is 5.32 Å². The first-order valence-corrected chi connectivity index (χ1v) is 8.40. The van der Waals surface area contributed by atoms with E-state index in [9.17, 15) is 17.2 Å². The van der Waals surface area contributed by atoms with Crippen LogP contribution in [0, 0.1) is 17.6 Å². The molecule has 0 radical (unpaired) electrons. The van der Waals surface area contributed by atoms with E-state index in [1.54, 1.807) is 0 Å². The molecule has 0 saturated heterocycles. The Kier molecular flexibility index (Phi) is 3.69. The maximum atomic E-state index is 13.4. The number of aromatic nitrogens is 2. The largest absolute Gasteiger partial charge is 0.367 e. The van der Waals surface area contributed by atoms with Gasteiger partial charge in [-0.15, -0.1) is 0 Å². The van der Waals surface area contributed by atoms with Crippen molar-refractivity contribution in [2.24, 2.45) is 11.1 Å². The standard InChI is InChI=1S/C13H14F2N4O2S/c14-10-3-9-12(4-11(10)15)17-6-18-13(9)19-8-1-7(2-8)5-22(16,20)21/h3-4,6-8H,1-2,5H2,(H2,16,20,21)(H,17,18,19). The first kappa shape index (κ1) is 15.0. The van der Waals surface area contributed by atoms with Crippen molar-refractivity contribution in [3.63, 3.8) is 0 Å². The summed E-state index contributed by atoms with van der Waals surface area (Å²) in [6.45, 7) is 0. The van der Waals surface area contributed by atoms with Crippen molar-refractivity contribution in [1.29, 1.82) is 0 Å². The third-order valence-electron chi connectivity index (χ3n) is 3.72. The fraction of sp³-hybridized carbons (Fsp3) is 0.385. The van der Waals surface area contributed by atoms with Crippen LogP contribution in [0.4, 0.5) is 14.6 Å². The van der Waals surface area contributed by atoms with Gasteiger partial charge in [0.15, 0.2) is 11.6 Å². The second kappa shape index (κ2) is 5.40. The highest BCUT2D eigenvalue weighted by Gasteiger charge is 2.32. The van der Waals surface area contributed by atoms with E-state index >= 15 is 0 Å². The van der Waals surface area contributed by atoms with Gasteiger partial charge in [0.05, 0.1) is 11.3 Å². The zero-order valence-corrected chi connectivity index (χ0v) is 12.3. The molecule has 1 saturated carbocycles. The van der Waals surface area contributed by atoms with Crippen molar-refractivity contribution in [2.75, 3.05) is 11.1 Å². The molecular formula is C13H14F2N4O2S. The minimum Gasteiger partial charge on any atom is -0.367 e. The molecule has 0 bridgehead atoms. The molecule has 6 nitrogen and oxygen atoms in total. The normalized spacial score (nSPS) is 21.6. The highest BCUT2D eigenvalue weighted by molar-refractivity contribution is 7.89. The first-order valence-electron chi connectivity index (χ1n) is 6.68. The van der Waals surface area contributed by atoms with E-state index in [-0.39, 0.29) is 17.7 Å². The van der Waals surface area contributed by atoms with Gasteiger partial charge in [-0.3, -0.25) is 0 Å². The molecule has 1 aliphatic carbocycles. The number of halogens is 2. The van der Waals surface area contributed by atoms with Crippen molar-refractivity contribution in [1.82, 2.24) is 9.97 Å². The van der Waals surface area contributed by atoms with Gasteiger partial charge in [0.25, 0.3) is 0 Å². The molecule has 1 aromatic carbocycles. The maximum absolute atomic E-state index is 13.4. The van der Waals surface area contributed by atoms with Crippen molar-refractivity contribution in [2.45, 2.75) is 18.9 Å². The number of hydrogen-bond donors (Lipinski definition) is 2. The van der Waals surface area contributed by atoms with Gasteiger partial charge >= 0.3 is 0 Å². The topological polar surface area (TPSA) is 98.0 Å². The molecular weight excluding hydrogens is 314 g/mol. The number of rotatable bonds is 4. The lowest BCUT2D eigenvalue weighted by Crippen LogP contribution is -2.40. The minimum absolute atomic E-state index is 0.00906. The predicted molar refractivity (Wildman–Crippen MR) is 77.6 cm³/mol. The Labute approximate surface area is 125 Å². The molecule has 1 fully saturated rings. The van der Waals surface area contributed by atoms with E-state index in [0.717, 1.165) is 12.1 Å². The molecule has 3 N–H and O–H groups in total. The number of fused-ring (bicyclic) bond motifs is 1. The molecule has 0 atom stereocenters. The number of anilines is 1. The summed E-state index contributed by atoms with van der Waals surface area (Å²) >= 11 is 0. The van der Waals surface area contributed by atoms with Crippen LogP contribution < -0.4 is 10.5 Å². The van der Waals surface area contributed by atoms with Gasteiger partial charge in [-0.25, -0.2) is 32.3 Å². The van der Waals surface area contributed by atoms with Crippen LogP contribution >= 0.6 is 0 Å². The molecule has 1 heterocycles. The Hall–Kier alpha value is -1.87. The van der Waals surface area contributed by atoms with Crippen LogP contribution in [0.1, 0.15) is 12.8 Å². The van der Waals surface area contributed by atoms with Crippen LogP contribution in [0.2, 0.25) is 0 Å². The fourth-order valence-electron chi connectivity index (χ4n) is 2.68. The van der Waals surface area contributed by atoms with Gasteiger partial charge in [-0.1, -0.05) is 0 Å².